The van der Waals surface area contributed by atoms with Crippen molar-refractivity contribution in [3.8, 4) is 0 Å². The molecule has 1 heteroatoms. The molecule has 0 heterocycles. The summed E-state index contributed by atoms with van der Waals surface area (Å²) in [6, 6.07) is 22.9. The molecule has 3 aromatic rings. The fourth-order valence-corrected chi connectivity index (χ4v) is 2.97. The SMILES string of the molecule is Nc1ccccc1/C=c1/cccc2c1=c1ccccc1=C2. The van der Waals surface area contributed by atoms with Crippen LogP contribution in [0.2, 0.25) is 0 Å². The zero-order chi connectivity index (χ0) is 14.2. The molecule has 0 saturated carbocycles. The van der Waals surface area contributed by atoms with Crippen molar-refractivity contribution >= 4 is 17.8 Å². The maximum atomic E-state index is 6.07. The zero-order valence-electron chi connectivity index (χ0n) is 11.6. The van der Waals surface area contributed by atoms with Crippen molar-refractivity contribution in [1.82, 2.24) is 0 Å². The van der Waals surface area contributed by atoms with E-state index >= 15 is 0 Å². The van der Waals surface area contributed by atoms with Gasteiger partial charge in [-0.25, -0.2) is 0 Å². The maximum Gasteiger partial charge on any atom is 0.0387 e. The van der Waals surface area contributed by atoms with Crippen molar-refractivity contribution in [3.63, 3.8) is 0 Å². The Morgan fingerprint density at radius 3 is 2.48 bits per heavy atom. The molecule has 0 atom stereocenters. The number of rotatable bonds is 1. The third kappa shape index (κ3) is 1.95. The Balaban J connectivity index is 2.15. The second-order valence-corrected chi connectivity index (χ2v) is 5.32. The molecule has 0 aliphatic heterocycles. The molecule has 0 aromatic heterocycles. The van der Waals surface area contributed by atoms with Gasteiger partial charge in [-0.3, -0.25) is 0 Å². The summed E-state index contributed by atoms with van der Waals surface area (Å²) >= 11 is 0. The van der Waals surface area contributed by atoms with E-state index in [1.54, 1.807) is 0 Å². The minimum Gasteiger partial charge on any atom is -0.398 e. The zero-order valence-corrected chi connectivity index (χ0v) is 11.6. The highest BCUT2D eigenvalue weighted by Gasteiger charge is 2.03. The Morgan fingerprint density at radius 2 is 1.57 bits per heavy atom. The number of hydrogen-bond acceptors (Lipinski definition) is 1. The topological polar surface area (TPSA) is 26.0 Å². The van der Waals surface area contributed by atoms with Crippen molar-refractivity contribution in [2.45, 2.75) is 0 Å². The molecule has 3 aromatic carbocycles. The minimum absolute atomic E-state index is 0.811. The number of nitrogens with two attached hydrogens (primary N) is 1. The standard InChI is InChI=1S/C20H15N/c21-19-11-4-2-7-15(19)13-17-9-5-8-16-12-14-6-1-3-10-18(14)20(16)17/h1-13H,21H2/b17-13-. The van der Waals surface area contributed by atoms with Gasteiger partial charge < -0.3 is 5.73 Å². The highest BCUT2D eigenvalue weighted by molar-refractivity contribution is 5.65. The molecule has 2 N–H and O–H groups in total. The fraction of sp³-hybridized carbons (Fsp3) is 0. The van der Waals surface area contributed by atoms with Gasteiger partial charge in [-0.15, -0.1) is 0 Å². The molecule has 4 rings (SSSR count). The lowest BCUT2D eigenvalue weighted by molar-refractivity contribution is 1.43. The van der Waals surface area contributed by atoms with Crippen LogP contribution in [-0.2, 0) is 0 Å². The fourth-order valence-electron chi connectivity index (χ4n) is 2.97. The number of para-hydroxylation sites is 1. The molecule has 1 aliphatic rings. The van der Waals surface area contributed by atoms with Crippen LogP contribution in [0.4, 0.5) is 5.69 Å². The predicted molar refractivity (Wildman–Crippen MR) is 87.8 cm³/mol. The van der Waals surface area contributed by atoms with Gasteiger partial charge in [-0.1, -0.05) is 60.7 Å². The lowest BCUT2D eigenvalue weighted by Gasteiger charge is -2.00. The van der Waals surface area contributed by atoms with Crippen molar-refractivity contribution in [3.05, 3.63) is 98.7 Å². The molecule has 0 saturated heterocycles. The number of anilines is 1. The molecule has 0 fully saturated rings. The molecule has 0 amide bonds. The Labute approximate surface area is 123 Å². The number of benzene rings is 3. The van der Waals surface area contributed by atoms with E-state index in [1.165, 1.54) is 26.4 Å². The van der Waals surface area contributed by atoms with Crippen molar-refractivity contribution < 1.29 is 0 Å². The van der Waals surface area contributed by atoms with Gasteiger partial charge in [-0.2, -0.15) is 0 Å². The van der Waals surface area contributed by atoms with E-state index in [2.05, 4.69) is 60.7 Å². The first-order chi connectivity index (χ1) is 10.3. The summed E-state index contributed by atoms with van der Waals surface area (Å²) in [5, 5.41) is 5.10. The number of fused-ring (bicyclic) bond motifs is 2. The minimum atomic E-state index is 0.811. The summed E-state index contributed by atoms with van der Waals surface area (Å²) in [5.74, 6) is 0. The van der Waals surface area contributed by atoms with Gasteiger partial charge in [0.15, 0.2) is 0 Å². The third-order valence-corrected chi connectivity index (χ3v) is 3.98. The third-order valence-electron chi connectivity index (χ3n) is 3.98. The Bertz CT molecular complexity index is 1050. The van der Waals surface area contributed by atoms with Crippen LogP contribution in [0.25, 0.3) is 12.2 Å². The van der Waals surface area contributed by atoms with E-state index in [9.17, 15) is 0 Å². The van der Waals surface area contributed by atoms with Crippen LogP contribution in [0.3, 0.4) is 0 Å². The first kappa shape index (κ1) is 12.0. The molecule has 1 nitrogen and oxygen atoms in total. The second kappa shape index (κ2) is 4.64. The van der Waals surface area contributed by atoms with Gasteiger partial charge >= 0.3 is 0 Å². The van der Waals surface area contributed by atoms with E-state index in [1.807, 2.05) is 18.2 Å². The van der Waals surface area contributed by atoms with Crippen LogP contribution in [0, 0.1) is 10.4 Å². The van der Waals surface area contributed by atoms with Crippen molar-refractivity contribution in [2.24, 2.45) is 0 Å². The van der Waals surface area contributed by atoms with Crippen LogP contribution in [0.15, 0.2) is 66.7 Å². The Hall–Kier alpha value is -2.80. The molecular weight excluding hydrogens is 254 g/mol. The van der Waals surface area contributed by atoms with E-state index in [0.717, 1.165) is 11.3 Å². The summed E-state index contributed by atoms with van der Waals surface area (Å²) in [7, 11) is 0. The van der Waals surface area contributed by atoms with Gasteiger partial charge in [-0.05, 0) is 50.2 Å². The molecule has 1 aliphatic carbocycles. The monoisotopic (exact) mass is 269 g/mol. The average molecular weight is 269 g/mol. The summed E-state index contributed by atoms with van der Waals surface area (Å²) in [5.41, 5.74) is 9.22. The van der Waals surface area contributed by atoms with Crippen molar-refractivity contribution in [1.29, 1.82) is 0 Å². The average Bonchev–Trinajstić information content (AvgIpc) is 2.89. The highest BCUT2D eigenvalue weighted by atomic mass is 14.5. The quantitative estimate of drug-likeness (QED) is 0.528. The van der Waals surface area contributed by atoms with Crippen LogP contribution < -0.4 is 16.2 Å². The molecule has 0 radical (unpaired) electrons. The Morgan fingerprint density at radius 1 is 0.762 bits per heavy atom. The lowest BCUT2D eigenvalue weighted by Crippen LogP contribution is -2.06. The van der Waals surface area contributed by atoms with Crippen LogP contribution >= 0.6 is 0 Å². The maximum absolute atomic E-state index is 6.07. The Kier molecular flexibility index (Phi) is 2.65. The number of hydrogen-bond donors (Lipinski definition) is 1. The van der Waals surface area contributed by atoms with E-state index in [0.29, 0.717) is 0 Å². The van der Waals surface area contributed by atoms with Gasteiger partial charge in [0.05, 0.1) is 0 Å². The molecule has 0 unspecified atom stereocenters. The van der Waals surface area contributed by atoms with Crippen LogP contribution in [0.5, 0.6) is 0 Å². The lowest BCUT2D eigenvalue weighted by atomic mass is 10.1. The van der Waals surface area contributed by atoms with E-state index < -0.39 is 0 Å². The van der Waals surface area contributed by atoms with Gasteiger partial charge in [0.2, 0.25) is 0 Å². The van der Waals surface area contributed by atoms with Gasteiger partial charge in [0.1, 0.15) is 0 Å². The summed E-state index contributed by atoms with van der Waals surface area (Å²) in [6.07, 6.45) is 4.42. The first-order valence-corrected chi connectivity index (χ1v) is 7.09. The smallest absolute Gasteiger partial charge is 0.0387 e. The molecule has 100 valence electrons. The normalized spacial score (nSPS) is 12.7. The van der Waals surface area contributed by atoms with Gasteiger partial charge in [0, 0.05) is 5.69 Å². The predicted octanol–water partition coefficient (Wildman–Crippen LogP) is 2.53. The van der Waals surface area contributed by atoms with E-state index in [4.69, 9.17) is 5.73 Å². The highest BCUT2D eigenvalue weighted by Crippen LogP contribution is 2.12. The van der Waals surface area contributed by atoms with Crippen molar-refractivity contribution in [2.75, 3.05) is 5.73 Å². The van der Waals surface area contributed by atoms with E-state index in [-0.39, 0.29) is 0 Å². The molecule has 21 heavy (non-hydrogen) atoms. The van der Waals surface area contributed by atoms with Crippen LogP contribution in [-0.4, -0.2) is 0 Å². The van der Waals surface area contributed by atoms with Gasteiger partial charge in [0.25, 0.3) is 0 Å². The molecular formula is C20H15N. The largest absolute Gasteiger partial charge is 0.398 e. The summed E-state index contributed by atoms with van der Waals surface area (Å²) in [4.78, 5) is 0. The molecule has 0 spiro atoms. The first-order valence-electron chi connectivity index (χ1n) is 7.09. The summed E-state index contributed by atoms with van der Waals surface area (Å²) in [6.45, 7) is 0. The second-order valence-electron chi connectivity index (χ2n) is 5.32. The molecule has 0 bridgehead atoms. The van der Waals surface area contributed by atoms with Crippen LogP contribution in [0.1, 0.15) is 11.1 Å². The summed E-state index contributed by atoms with van der Waals surface area (Å²) < 4.78 is 0. The number of nitrogen functional groups attached to an aromatic ring is 1.